The summed E-state index contributed by atoms with van der Waals surface area (Å²) in [6.07, 6.45) is 1.23. The summed E-state index contributed by atoms with van der Waals surface area (Å²) in [5.74, 6) is -0.149. The third-order valence-electron chi connectivity index (χ3n) is 2.48. The number of hydrogen-bond donors (Lipinski definition) is 1. The van der Waals surface area contributed by atoms with Crippen molar-refractivity contribution in [2.75, 3.05) is 11.9 Å². The summed E-state index contributed by atoms with van der Waals surface area (Å²) >= 11 is 0. The second-order valence-electron chi connectivity index (χ2n) is 3.84. The summed E-state index contributed by atoms with van der Waals surface area (Å²) in [6, 6.07) is 7.20. The average Bonchev–Trinajstić information content (AvgIpc) is 2.71. The number of carbonyl (C=O) groups excluding carboxylic acids is 2. The molecule has 94 valence electrons. The number of aromatic nitrogens is 1. The molecule has 1 aromatic carbocycles. The first-order chi connectivity index (χ1) is 8.61. The smallest absolute Gasteiger partial charge is 0.418 e. The Morgan fingerprint density at radius 2 is 2.11 bits per heavy atom. The van der Waals surface area contributed by atoms with Gasteiger partial charge in [0.05, 0.1) is 12.1 Å². The second kappa shape index (κ2) is 4.91. The predicted molar refractivity (Wildman–Crippen MR) is 68.7 cm³/mol. The van der Waals surface area contributed by atoms with Gasteiger partial charge in [-0.3, -0.25) is 9.36 Å². The lowest BCUT2D eigenvalue weighted by atomic mass is 10.2. The van der Waals surface area contributed by atoms with Crippen LogP contribution in [0.1, 0.15) is 13.8 Å². The van der Waals surface area contributed by atoms with Crippen LogP contribution in [0.5, 0.6) is 0 Å². The Morgan fingerprint density at radius 1 is 1.33 bits per heavy atom. The quantitative estimate of drug-likeness (QED) is 0.886. The molecule has 1 amide bonds. The van der Waals surface area contributed by atoms with Crippen molar-refractivity contribution in [2.45, 2.75) is 13.8 Å². The number of ether oxygens (including phenoxy) is 1. The third-order valence-corrected chi connectivity index (χ3v) is 2.48. The highest BCUT2D eigenvalue weighted by molar-refractivity contribution is 5.95. The Labute approximate surface area is 104 Å². The van der Waals surface area contributed by atoms with Gasteiger partial charge < -0.3 is 10.1 Å². The van der Waals surface area contributed by atoms with E-state index in [4.69, 9.17) is 4.74 Å². The van der Waals surface area contributed by atoms with Crippen molar-refractivity contribution in [3.8, 4) is 0 Å². The van der Waals surface area contributed by atoms with E-state index in [2.05, 4.69) is 5.32 Å². The minimum atomic E-state index is -0.424. The van der Waals surface area contributed by atoms with E-state index in [0.29, 0.717) is 17.8 Å². The molecule has 0 radical (unpaired) electrons. The standard InChI is InChI=1S/C13H14N2O3/c1-3-18-13(17)15-7-6-10-4-5-11(8-12(10)15)14-9(2)16/h4-8H,3H2,1-2H3,(H,14,16). The molecule has 18 heavy (non-hydrogen) atoms. The van der Waals surface area contributed by atoms with Crippen molar-refractivity contribution in [3.05, 3.63) is 30.5 Å². The molecular formula is C13H14N2O3. The van der Waals surface area contributed by atoms with Gasteiger partial charge in [-0.2, -0.15) is 0 Å². The van der Waals surface area contributed by atoms with Crippen LogP contribution < -0.4 is 5.32 Å². The van der Waals surface area contributed by atoms with Crippen LogP contribution in [0, 0.1) is 0 Å². The number of rotatable bonds is 2. The maximum absolute atomic E-state index is 11.7. The van der Waals surface area contributed by atoms with Crippen LogP contribution in [0.25, 0.3) is 10.9 Å². The lowest BCUT2D eigenvalue weighted by Gasteiger charge is -2.06. The molecule has 0 fully saturated rings. The van der Waals surface area contributed by atoms with Crippen LogP contribution >= 0.6 is 0 Å². The van der Waals surface area contributed by atoms with Crippen molar-refractivity contribution in [1.29, 1.82) is 0 Å². The number of amides is 1. The number of carbonyl (C=O) groups is 2. The molecule has 2 rings (SSSR count). The van der Waals surface area contributed by atoms with Gasteiger partial charge in [0.1, 0.15) is 0 Å². The summed E-state index contributed by atoms with van der Waals surface area (Å²) in [4.78, 5) is 22.7. The van der Waals surface area contributed by atoms with Crippen molar-refractivity contribution in [2.24, 2.45) is 0 Å². The van der Waals surface area contributed by atoms with Crippen molar-refractivity contribution in [1.82, 2.24) is 4.57 Å². The number of anilines is 1. The van der Waals surface area contributed by atoms with E-state index in [-0.39, 0.29) is 5.91 Å². The molecule has 0 atom stereocenters. The Balaban J connectivity index is 2.43. The van der Waals surface area contributed by atoms with E-state index >= 15 is 0 Å². The predicted octanol–water partition coefficient (Wildman–Crippen LogP) is 2.60. The van der Waals surface area contributed by atoms with E-state index in [1.54, 1.807) is 25.3 Å². The lowest BCUT2D eigenvalue weighted by Crippen LogP contribution is -2.12. The van der Waals surface area contributed by atoms with E-state index in [1.165, 1.54) is 11.5 Å². The molecule has 0 aliphatic rings. The summed E-state index contributed by atoms with van der Waals surface area (Å²) in [6.45, 7) is 3.52. The van der Waals surface area contributed by atoms with Gasteiger partial charge in [0.15, 0.2) is 0 Å². The fraction of sp³-hybridized carbons (Fsp3) is 0.231. The van der Waals surface area contributed by atoms with Crippen LogP contribution in [-0.2, 0) is 9.53 Å². The Bertz CT molecular complexity index is 601. The maximum atomic E-state index is 11.7. The molecule has 1 aromatic heterocycles. The first-order valence-corrected chi connectivity index (χ1v) is 5.67. The van der Waals surface area contributed by atoms with Crippen molar-refractivity contribution >= 4 is 28.6 Å². The third kappa shape index (κ3) is 2.34. The number of fused-ring (bicyclic) bond motifs is 1. The van der Waals surface area contributed by atoms with E-state index in [1.807, 2.05) is 12.1 Å². The monoisotopic (exact) mass is 246 g/mol. The minimum absolute atomic E-state index is 0.149. The molecule has 5 nitrogen and oxygen atoms in total. The number of nitrogens with one attached hydrogen (secondary N) is 1. The molecule has 0 unspecified atom stereocenters. The van der Waals surface area contributed by atoms with Gasteiger partial charge in [0, 0.05) is 24.2 Å². The minimum Gasteiger partial charge on any atom is -0.449 e. The molecule has 0 spiro atoms. The maximum Gasteiger partial charge on any atom is 0.418 e. The van der Waals surface area contributed by atoms with Crippen LogP contribution in [0.4, 0.5) is 10.5 Å². The molecule has 0 aliphatic heterocycles. The van der Waals surface area contributed by atoms with Gasteiger partial charge >= 0.3 is 6.09 Å². The highest BCUT2D eigenvalue weighted by Crippen LogP contribution is 2.20. The summed E-state index contributed by atoms with van der Waals surface area (Å²) in [7, 11) is 0. The van der Waals surface area contributed by atoms with Crippen LogP contribution in [0.15, 0.2) is 30.5 Å². The zero-order valence-electron chi connectivity index (χ0n) is 10.3. The largest absolute Gasteiger partial charge is 0.449 e. The van der Waals surface area contributed by atoms with E-state index in [9.17, 15) is 9.59 Å². The Hall–Kier alpha value is -2.30. The molecule has 0 saturated carbocycles. The highest BCUT2D eigenvalue weighted by atomic mass is 16.5. The molecular weight excluding hydrogens is 232 g/mol. The Morgan fingerprint density at radius 3 is 2.78 bits per heavy atom. The summed E-state index contributed by atoms with van der Waals surface area (Å²) in [5.41, 5.74) is 1.36. The molecule has 2 aromatic rings. The number of nitrogens with zero attached hydrogens (tertiary/aromatic N) is 1. The molecule has 1 heterocycles. The first-order valence-electron chi connectivity index (χ1n) is 5.67. The molecule has 0 aliphatic carbocycles. The molecule has 5 heteroatoms. The van der Waals surface area contributed by atoms with Gasteiger partial charge in [0.25, 0.3) is 0 Å². The summed E-state index contributed by atoms with van der Waals surface area (Å²) in [5, 5.41) is 3.59. The fourth-order valence-corrected chi connectivity index (χ4v) is 1.76. The molecule has 0 bridgehead atoms. The van der Waals surface area contributed by atoms with Gasteiger partial charge in [-0.05, 0) is 25.1 Å². The zero-order chi connectivity index (χ0) is 13.1. The van der Waals surface area contributed by atoms with Crippen LogP contribution in [-0.4, -0.2) is 23.2 Å². The number of benzene rings is 1. The van der Waals surface area contributed by atoms with E-state index < -0.39 is 6.09 Å². The van der Waals surface area contributed by atoms with Crippen LogP contribution in [0.2, 0.25) is 0 Å². The van der Waals surface area contributed by atoms with Gasteiger partial charge in [0.2, 0.25) is 5.91 Å². The van der Waals surface area contributed by atoms with Gasteiger partial charge in [-0.25, -0.2) is 4.79 Å². The first kappa shape index (κ1) is 12.2. The Kier molecular flexibility index (Phi) is 3.32. The van der Waals surface area contributed by atoms with Crippen molar-refractivity contribution in [3.63, 3.8) is 0 Å². The fourth-order valence-electron chi connectivity index (χ4n) is 1.76. The number of hydrogen-bond acceptors (Lipinski definition) is 3. The average molecular weight is 246 g/mol. The van der Waals surface area contributed by atoms with E-state index in [0.717, 1.165) is 5.39 Å². The second-order valence-corrected chi connectivity index (χ2v) is 3.84. The topological polar surface area (TPSA) is 60.3 Å². The van der Waals surface area contributed by atoms with Gasteiger partial charge in [-0.15, -0.1) is 0 Å². The summed E-state index contributed by atoms with van der Waals surface area (Å²) < 4.78 is 6.37. The zero-order valence-corrected chi connectivity index (χ0v) is 10.3. The lowest BCUT2D eigenvalue weighted by molar-refractivity contribution is -0.114. The normalized spacial score (nSPS) is 10.3. The van der Waals surface area contributed by atoms with Gasteiger partial charge in [-0.1, -0.05) is 6.07 Å². The highest BCUT2D eigenvalue weighted by Gasteiger charge is 2.10. The molecule has 1 N–H and O–H groups in total. The van der Waals surface area contributed by atoms with Crippen LogP contribution in [0.3, 0.4) is 0 Å². The SMILES string of the molecule is CCOC(=O)n1ccc2ccc(NC(C)=O)cc21. The molecule has 0 saturated heterocycles. The van der Waals surface area contributed by atoms with Crippen molar-refractivity contribution < 1.29 is 14.3 Å².